The first-order valence-corrected chi connectivity index (χ1v) is 13.3. The highest BCUT2D eigenvalue weighted by atomic mass is 32.2. The van der Waals surface area contributed by atoms with E-state index >= 15 is 0 Å². The molecule has 1 aromatic heterocycles. The van der Waals surface area contributed by atoms with Crippen LogP contribution >= 0.6 is 0 Å². The van der Waals surface area contributed by atoms with E-state index in [1.165, 1.54) is 30.9 Å². The van der Waals surface area contributed by atoms with Gasteiger partial charge in [-0.2, -0.15) is 4.98 Å². The number of aromatic hydroxyl groups is 1. The summed E-state index contributed by atoms with van der Waals surface area (Å²) in [6.45, 7) is 0. The van der Waals surface area contributed by atoms with Crippen molar-refractivity contribution in [2.24, 2.45) is 0 Å². The molecule has 0 amide bonds. The zero-order chi connectivity index (χ0) is 24.7. The highest BCUT2D eigenvalue weighted by Crippen LogP contribution is 2.41. The molecule has 2 aliphatic carbocycles. The number of nitrogens with zero attached hydrogens (tertiary/aromatic N) is 2. The van der Waals surface area contributed by atoms with Gasteiger partial charge in [-0.3, -0.25) is 9.36 Å². The number of ether oxygens (including phenoxy) is 2. The maximum absolute atomic E-state index is 14.0. The van der Waals surface area contributed by atoms with Gasteiger partial charge < -0.3 is 14.6 Å². The number of aromatic nitrogens is 2. The number of para-hydroxylation sites is 1. The van der Waals surface area contributed by atoms with Crippen LogP contribution in [0.3, 0.4) is 0 Å². The lowest BCUT2D eigenvalue weighted by atomic mass is 10.1. The minimum atomic E-state index is -4.36. The summed E-state index contributed by atoms with van der Waals surface area (Å²) in [5.74, 6) is 0.523. The Morgan fingerprint density at radius 3 is 2.06 bits per heavy atom. The third-order valence-corrected chi connectivity index (χ3v) is 8.69. The first-order valence-electron chi connectivity index (χ1n) is 11.8. The number of hydrogen-bond acceptors (Lipinski definition) is 7. The van der Waals surface area contributed by atoms with Gasteiger partial charge in [0.25, 0.3) is 5.56 Å². The Balaban J connectivity index is 1.76. The van der Waals surface area contributed by atoms with Crippen LogP contribution in [0.2, 0.25) is 0 Å². The Bertz CT molecular complexity index is 1400. The molecule has 0 aliphatic heterocycles. The van der Waals surface area contributed by atoms with Gasteiger partial charge in [0.2, 0.25) is 15.7 Å². The fraction of sp³-hybridized carbons (Fsp3) is 0.385. The maximum atomic E-state index is 14.0. The highest BCUT2D eigenvalue weighted by Gasteiger charge is 2.34. The van der Waals surface area contributed by atoms with Crippen LogP contribution in [0.1, 0.15) is 61.7 Å². The van der Waals surface area contributed by atoms with E-state index in [4.69, 9.17) is 9.47 Å². The smallest absolute Gasteiger partial charge is 0.281 e. The predicted molar refractivity (Wildman–Crippen MR) is 130 cm³/mol. The van der Waals surface area contributed by atoms with Crippen LogP contribution in [0.15, 0.2) is 57.1 Å². The van der Waals surface area contributed by atoms with Gasteiger partial charge in [-0.1, -0.05) is 31.0 Å². The third-order valence-electron chi connectivity index (χ3n) is 6.90. The van der Waals surface area contributed by atoms with Gasteiger partial charge in [-0.15, -0.1) is 0 Å². The highest BCUT2D eigenvalue weighted by molar-refractivity contribution is 7.91. The molecule has 0 saturated heterocycles. The number of rotatable bonds is 7. The normalized spacial score (nSPS) is 16.4. The van der Waals surface area contributed by atoms with Crippen LogP contribution < -0.4 is 15.0 Å². The minimum absolute atomic E-state index is 0.0664. The summed E-state index contributed by atoms with van der Waals surface area (Å²) in [4.78, 5) is 17.5. The third kappa shape index (κ3) is 4.07. The zero-order valence-corrected chi connectivity index (χ0v) is 20.5. The van der Waals surface area contributed by atoms with Gasteiger partial charge in [-0.05, 0) is 61.4 Å². The molecule has 0 bridgehead atoms. The van der Waals surface area contributed by atoms with E-state index in [-0.39, 0.29) is 16.5 Å². The molecule has 2 aromatic carbocycles. The Kier molecular flexibility index (Phi) is 6.04. The van der Waals surface area contributed by atoms with Crippen LogP contribution in [0, 0.1) is 0 Å². The van der Waals surface area contributed by atoms with E-state index in [2.05, 4.69) is 4.98 Å². The molecule has 9 heteroatoms. The molecule has 0 atom stereocenters. The van der Waals surface area contributed by atoms with E-state index in [0.29, 0.717) is 23.2 Å². The molecule has 2 fully saturated rings. The van der Waals surface area contributed by atoms with E-state index in [1.54, 1.807) is 30.3 Å². The number of sulfone groups is 1. The van der Waals surface area contributed by atoms with Gasteiger partial charge >= 0.3 is 0 Å². The van der Waals surface area contributed by atoms with Gasteiger partial charge in [0, 0.05) is 5.92 Å². The molecule has 35 heavy (non-hydrogen) atoms. The average molecular weight is 497 g/mol. The second-order valence-electron chi connectivity index (χ2n) is 9.10. The van der Waals surface area contributed by atoms with Crippen LogP contribution in [-0.4, -0.2) is 37.3 Å². The first kappa shape index (κ1) is 23.4. The van der Waals surface area contributed by atoms with Crippen LogP contribution in [0.5, 0.6) is 17.4 Å². The maximum Gasteiger partial charge on any atom is 0.281 e. The van der Waals surface area contributed by atoms with Crippen molar-refractivity contribution in [2.45, 2.75) is 60.2 Å². The van der Waals surface area contributed by atoms with Crippen molar-refractivity contribution >= 4 is 9.84 Å². The van der Waals surface area contributed by atoms with Gasteiger partial charge in [0.1, 0.15) is 23.0 Å². The van der Waals surface area contributed by atoms with Crippen molar-refractivity contribution in [3.8, 4) is 23.1 Å². The van der Waals surface area contributed by atoms with Crippen LogP contribution in [0.25, 0.3) is 5.69 Å². The Morgan fingerprint density at radius 1 is 0.914 bits per heavy atom. The topological polar surface area (TPSA) is 108 Å². The molecular weight excluding hydrogens is 468 g/mol. The van der Waals surface area contributed by atoms with E-state index in [1.807, 2.05) is 0 Å². The monoisotopic (exact) mass is 496 g/mol. The van der Waals surface area contributed by atoms with Crippen LogP contribution in [0.4, 0.5) is 0 Å². The second-order valence-corrected chi connectivity index (χ2v) is 11.0. The lowest BCUT2D eigenvalue weighted by molar-refractivity contribution is 0.385. The Labute approximate surface area is 204 Å². The number of benzene rings is 2. The molecule has 0 spiro atoms. The molecule has 0 unspecified atom stereocenters. The Morgan fingerprint density at radius 2 is 1.51 bits per heavy atom. The zero-order valence-electron chi connectivity index (χ0n) is 19.7. The fourth-order valence-electron chi connectivity index (χ4n) is 4.93. The Hall–Kier alpha value is -3.33. The lowest BCUT2D eigenvalue weighted by Crippen LogP contribution is -2.30. The second kappa shape index (κ2) is 9.03. The van der Waals surface area contributed by atoms with Crippen LogP contribution in [-0.2, 0) is 9.84 Å². The molecule has 2 saturated carbocycles. The molecule has 8 nitrogen and oxygen atoms in total. The van der Waals surface area contributed by atoms with E-state index in [9.17, 15) is 18.3 Å². The van der Waals surface area contributed by atoms with Gasteiger partial charge in [0.05, 0.1) is 19.1 Å². The lowest BCUT2D eigenvalue weighted by Gasteiger charge is -2.22. The van der Waals surface area contributed by atoms with Crippen molar-refractivity contribution in [2.75, 3.05) is 14.2 Å². The quantitative estimate of drug-likeness (QED) is 0.519. The van der Waals surface area contributed by atoms with Gasteiger partial charge in [0.15, 0.2) is 4.90 Å². The van der Waals surface area contributed by atoms with E-state index in [0.717, 1.165) is 44.1 Å². The van der Waals surface area contributed by atoms with E-state index < -0.39 is 26.2 Å². The SMILES string of the molecule is COc1cccc(OC)c1-n1c(C2CCCC2)nc(O)c(S(=O)(=O)c2ccc(C3CC3)cc2)c1=O. The molecule has 1 N–H and O–H groups in total. The number of hydrogen-bond donors (Lipinski definition) is 1. The molecule has 184 valence electrons. The molecule has 5 rings (SSSR count). The summed E-state index contributed by atoms with van der Waals surface area (Å²) in [5.41, 5.74) is 0.449. The summed E-state index contributed by atoms with van der Waals surface area (Å²) in [6.07, 6.45) is 5.64. The summed E-state index contributed by atoms with van der Waals surface area (Å²) in [6, 6.07) is 11.6. The van der Waals surface area contributed by atoms with Crippen molar-refractivity contribution in [3.63, 3.8) is 0 Å². The summed E-state index contributed by atoms with van der Waals surface area (Å²) in [5, 5.41) is 10.8. The van der Waals surface area contributed by atoms with Gasteiger partial charge in [-0.25, -0.2) is 8.42 Å². The molecule has 3 aromatic rings. The molecular formula is C26H28N2O6S. The van der Waals surface area contributed by atoms with Crippen molar-refractivity contribution in [1.82, 2.24) is 9.55 Å². The largest absolute Gasteiger partial charge is 0.494 e. The summed E-state index contributed by atoms with van der Waals surface area (Å²) < 4.78 is 39.5. The summed E-state index contributed by atoms with van der Waals surface area (Å²) >= 11 is 0. The predicted octanol–water partition coefficient (Wildman–Crippen LogP) is 4.32. The molecule has 0 radical (unpaired) electrons. The summed E-state index contributed by atoms with van der Waals surface area (Å²) in [7, 11) is -1.43. The fourth-order valence-corrected chi connectivity index (χ4v) is 6.26. The standard InChI is InChI=1S/C26H28N2O6S/c1-33-20-8-5-9-21(34-2)22(20)28-24(18-6-3-4-7-18)27-25(29)23(26(28)30)35(31,32)19-14-12-17(13-15-19)16-10-11-16/h5,8-9,12-16,18,29H,3-4,6-7,10-11H2,1-2H3. The average Bonchev–Trinajstić information content (AvgIpc) is 3.57. The number of methoxy groups -OCH3 is 2. The minimum Gasteiger partial charge on any atom is -0.494 e. The van der Waals surface area contributed by atoms with Crippen molar-refractivity contribution < 1.29 is 23.0 Å². The van der Waals surface area contributed by atoms with Crippen molar-refractivity contribution in [1.29, 1.82) is 0 Å². The first-order chi connectivity index (χ1) is 16.9. The van der Waals surface area contributed by atoms with Crippen molar-refractivity contribution in [3.05, 3.63) is 64.2 Å². The molecule has 2 aliphatic rings. The molecule has 1 heterocycles.